The Labute approximate surface area is 223 Å². The van der Waals surface area contributed by atoms with Crippen LogP contribution in [0.1, 0.15) is 13.3 Å². The molecule has 2 aromatic carbocycles. The topological polar surface area (TPSA) is 98.0 Å². The highest BCUT2D eigenvalue weighted by Gasteiger charge is 2.24. The van der Waals surface area contributed by atoms with Gasteiger partial charge < -0.3 is 15.2 Å². The molecule has 8 nitrogen and oxygen atoms in total. The van der Waals surface area contributed by atoms with E-state index < -0.39 is 28.4 Å². The van der Waals surface area contributed by atoms with Crippen molar-refractivity contribution >= 4 is 56.5 Å². The van der Waals surface area contributed by atoms with Crippen molar-refractivity contribution in [2.75, 3.05) is 10.6 Å². The monoisotopic (exact) mass is 617 g/mol. The molecule has 0 fully saturated rings. The van der Waals surface area contributed by atoms with E-state index in [9.17, 15) is 18.8 Å². The average Bonchev–Trinajstić information content (AvgIpc) is 2.87. The highest BCUT2D eigenvalue weighted by molar-refractivity contribution is 14.1. The van der Waals surface area contributed by atoms with Gasteiger partial charge in [-0.3, -0.25) is 14.4 Å². The maximum atomic E-state index is 15.4. The Morgan fingerprint density at radius 2 is 1.92 bits per heavy atom. The number of hydrogen-bond donors (Lipinski definition) is 2. The number of anilines is 3. The molecule has 0 aliphatic heterocycles. The van der Waals surface area contributed by atoms with Crippen molar-refractivity contribution in [1.82, 2.24) is 14.3 Å². The number of halogens is 3. The van der Waals surface area contributed by atoms with Crippen LogP contribution in [-0.2, 0) is 18.4 Å². The van der Waals surface area contributed by atoms with Crippen molar-refractivity contribution in [1.29, 1.82) is 0 Å². The van der Waals surface area contributed by atoms with Gasteiger partial charge in [0.15, 0.2) is 0 Å². The van der Waals surface area contributed by atoms with Gasteiger partial charge in [-0.1, -0.05) is 25.1 Å². The van der Waals surface area contributed by atoms with Crippen LogP contribution in [0.4, 0.5) is 25.8 Å². The number of allylic oxidation sites excluding steroid dienone is 1. The van der Waals surface area contributed by atoms with Gasteiger partial charge >= 0.3 is 0 Å². The lowest BCUT2D eigenvalue weighted by molar-refractivity contribution is -0.115. The molecule has 0 radical (unpaired) electrons. The summed E-state index contributed by atoms with van der Waals surface area (Å²) >= 11 is 1.93. The van der Waals surface area contributed by atoms with Gasteiger partial charge in [0.25, 0.3) is 11.1 Å². The van der Waals surface area contributed by atoms with E-state index >= 15 is 4.39 Å². The zero-order valence-electron chi connectivity index (χ0n) is 19.9. The van der Waals surface area contributed by atoms with Crippen LogP contribution in [0.15, 0.2) is 64.7 Å². The molecule has 0 bridgehead atoms. The Balaban J connectivity index is 2.08. The largest absolute Gasteiger partial charge is 0.350 e. The number of amides is 1. The third kappa shape index (κ3) is 5.03. The van der Waals surface area contributed by atoms with Crippen molar-refractivity contribution in [3.63, 3.8) is 0 Å². The number of fused-ring (bicyclic) bond motifs is 1. The molecule has 0 spiro atoms. The van der Waals surface area contributed by atoms with Gasteiger partial charge in [-0.15, -0.1) is 6.58 Å². The van der Waals surface area contributed by atoms with Crippen molar-refractivity contribution in [3.8, 4) is 11.3 Å². The zero-order valence-corrected chi connectivity index (χ0v) is 22.1. The minimum atomic E-state index is -1.24. The molecule has 37 heavy (non-hydrogen) atoms. The fourth-order valence-electron chi connectivity index (χ4n) is 3.86. The predicted octanol–water partition coefficient (Wildman–Crippen LogP) is 4.92. The molecular weight excluding hydrogens is 595 g/mol. The fraction of sp³-hybridized carbons (Fsp3) is 0.154. The average molecular weight is 617 g/mol. The normalized spacial score (nSPS) is 10.9. The van der Waals surface area contributed by atoms with Gasteiger partial charge in [0.05, 0.1) is 28.8 Å². The number of carbonyl (C=O) groups is 1. The third-order valence-corrected chi connectivity index (χ3v) is 6.33. The van der Waals surface area contributed by atoms with Crippen LogP contribution in [0.2, 0.25) is 0 Å². The fourth-order valence-corrected chi connectivity index (χ4v) is 4.31. The molecule has 0 aliphatic carbocycles. The number of nitrogens with one attached hydrogen (secondary N) is 2. The van der Waals surface area contributed by atoms with Gasteiger partial charge in [-0.25, -0.2) is 9.07 Å². The van der Waals surface area contributed by atoms with Crippen LogP contribution in [0.5, 0.6) is 0 Å². The molecule has 0 saturated carbocycles. The summed E-state index contributed by atoms with van der Waals surface area (Å²) in [4.78, 5) is 38.3. The van der Waals surface area contributed by atoms with Crippen LogP contribution < -0.4 is 21.8 Å². The predicted molar refractivity (Wildman–Crippen MR) is 148 cm³/mol. The minimum Gasteiger partial charge on any atom is -0.350 e. The quantitative estimate of drug-likeness (QED) is 0.227. The molecule has 2 N–H and O–H groups in total. The van der Waals surface area contributed by atoms with Gasteiger partial charge in [0.2, 0.25) is 11.7 Å². The number of hydrogen-bond acceptors (Lipinski definition) is 5. The number of nitrogens with zero attached hydrogens (tertiary/aromatic N) is 3. The first-order chi connectivity index (χ1) is 17.7. The van der Waals surface area contributed by atoms with Crippen molar-refractivity contribution in [2.45, 2.75) is 19.9 Å². The van der Waals surface area contributed by atoms with Gasteiger partial charge in [0.1, 0.15) is 11.5 Å². The second-order valence-electron chi connectivity index (χ2n) is 8.13. The van der Waals surface area contributed by atoms with Crippen LogP contribution in [0.25, 0.3) is 22.2 Å². The minimum absolute atomic E-state index is 0.00414. The van der Waals surface area contributed by atoms with Gasteiger partial charge in [-0.05, 0) is 52.9 Å². The number of aryl methyl sites for hydroxylation is 1. The number of pyridine rings is 1. The van der Waals surface area contributed by atoms with Crippen LogP contribution >= 0.6 is 22.6 Å². The summed E-state index contributed by atoms with van der Waals surface area (Å²) in [6.45, 7) is 5.37. The molecule has 2 heterocycles. The van der Waals surface area contributed by atoms with Crippen LogP contribution in [0, 0.1) is 15.2 Å². The first-order valence-corrected chi connectivity index (χ1v) is 12.3. The molecule has 4 aromatic rings. The van der Waals surface area contributed by atoms with E-state index in [0.717, 1.165) is 9.25 Å². The number of carbonyl (C=O) groups excluding carboxylic acids is 1. The van der Waals surface area contributed by atoms with Crippen molar-refractivity contribution in [3.05, 3.63) is 91.0 Å². The molecule has 0 aliphatic rings. The zero-order chi connectivity index (χ0) is 26.9. The molecule has 190 valence electrons. The summed E-state index contributed by atoms with van der Waals surface area (Å²) < 4.78 is 32.8. The molecule has 4 rings (SSSR count). The van der Waals surface area contributed by atoms with Gasteiger partial charge in [-0.2, -0.15) is 9.49 Å². The lowest BCUT2D eigenvalue weighted by Crippen LogP contribution is -2.30. The summed E-state index contributed by atoms with van der Waals surface area (Å²) in [5, 5.41) is 9.64. The highest BCUT2D eigenvalue weighted by atomic mass is 127. The number of aromatic nitrogens is 3. The van der Waals surface area contributed by atoms with E-state index in [1.165, 1.54) is 25.3 Å². The van der Waals surface area contributed by atoms with Gasteiger partial charge in [0, 0.05) is 28.3 Å². The second-order valence-corrected chi connectivity index (χ2v) is 9.38. The summed E-state index contributed by atoms with van der Waals surface area (Å²) in [6, 6.07) is 10.9. The standard InChI is InChI=1S/C26H22F2IN5O3/c1-4-11-34-25(36)20-23(31-18-10-9-15(29)13-17(18)27)21(28)26(37)33(3)24(20)22(32-34)14-7-6-8-16(12-14)30-19(35)5-2/h4,6-10,12-13,31H,1,5,11H2,2-3H3,(H,30,35). The third-order valence-electron chi connectivity index (χ3n) is 5.66. The number of benzene rings is 2. The van der Waals surface area contributed by atoms with E-state index in [-0.39, 0.29) is 41.2 Å². The highest BCUT2D eigenvalue weighted by Crippen LogP contribution is 2.32. The molecule has 11 heteroatoms. The molecule has 1 amide bonds. The SMILES string of the molecule is C=CCn1nc(-c2cccc(NC(=O)CC)c2)c2c(c(Nc3ccc(I)cc3F)c(F)c(=O)n2C)c1=O. The summed E-state index contributed by atoms with van der Waals surface area (Å²) in [6.07, 6.45) is 1.72. The smallest absolute Gasteiger partial charge is 0.289 e. The Morgan fingerprint density at radius 3 is 2.59 bits per heavy atom. The lowest BCUT2D eigenvalue weighted by Gasteiger charge is -2.18. The van der Waals surface area contributed by atoms with E-state index in [1.54, 1.807) is 37.3 Å². The van der Waals surface area contributed by atoms with Crippen LogP contribution in [0.3, 0.4) is 0 Å². The maximum absolute atomic E-state index is 15.4. The molecule has 0 saturated heterocycles. The Kier molecular flexibility index (Phi) is 7.52. The molecular formula is C26H22F2IN5O3. The first-order valence-electron chi connectivity index (χ1n) is 11.2. The van der Waals surface area contributed by atoms with E-state index in [0.29, 0.717) is 14.8 Å². The van der Waals surface area contributed by atoms with E-state index in [2.05, 4.69) is 22.3 Å². The molecule has 0 unspecified atom stereocenters. The van der Waals surface area contributed by atoms with Crippen molar-refractivity contribution in [2.24, 2.45) is 7.05 Å². The Morgan fingerprint density at radius 1 is 1.16 bits per heavy atom. The summed E-state index contributed by atoms with van der Waals surface area (Å²) in [5.74, 6) is -2.12. The Bertz CT molecular complexity index is 1680. The first kappa shape index (κ1) is 26.2. The van der Waals surface area contributed by atoms with E-state index in [1.807, 2.05) is 22.6 Å². The Hall–Kier alpha value is -3.87. The number of rotatable bonds is 7. The maximum Gasteiger partial charge on any atom is 0.289 e. The lowest BCUT2D eigenvalue weighted by atomic mass is 10.1. The van der Waals surface area contributed by atoms with Crippen LogP contribution in [-0.4, -0.2) is 20.3 Å². The summed E-state index contributed by atoms with van der Waals surface area (Å²) in [5.41, 5.74) is -1.11. The second kappa shape index (κ2) is 10.6. The summed E-state index contributed by atoms with van der Waals surface area (Å²) in [7, 11) is 1.33. The van der Waals surface area contributed by atoms with E-state index in [4.69, 9.17) is 0 Å². The van der Waals surface area contributed by atoms with Crippen molar-refractivity contribution < 1.29 is 13.6 Å². The molecule has 2 aromatic heterocycles. The molecule has 0 atom stereocenters.